The van der Waals surface area contributed by atoms with Gasteiger partial charge in [-0.3, -0.25) is 4.79 Å². The number of hydrogen-bond acceptors (Lipinski definition) is 1. The minimum absolute atomic E-state index is 0.0730. The highest BCUT2D eigenvalue weighted by atomic mass is 16.1. The molecule has 0 aromatic carbocycles. The number of carbonyl (C=O) groups is 1. The van der Waals surface area contributed by atoms with Crippen LogP contribution in [0, 0.1) is 21.7 Å². The molecule has 0 unspecified atom stereocenters. The predicted octanol–water partition coefficient (Wildman–Crippen LogP) is 6.43. The van der Waals surface area contributed by atoms with Crippen LogP contribution in [-0.4, -0.2) is 5.78 Å². The summed E-state index contributed by atoms with van der Waals surface area (Å²) >= 11 is 0. The fourth-order valence-electron chi connectivity index (χ4n) is 2.50. The molecule has 124 valence electrons. The van der Waals surface area contributed by atoms with Gasteiger partial charge >= 0.3 is 0 Å². The highest BCUT2D eigenvalue weighted by Crippen LogP contribution is 2.47. The average molecular weight is 295 g/mol. The summed E-state index contributed by atoms with van der Waals surface area (Å²) < 4.78 is 0. The van der Waals surface area contributed by atoms with Crippen LogP contribution in [0.2, 0.25) is 0 Å². The standard InChI is InChI=1S/C20H38O/c1-11-17(3,4)13-12-14-19(7,8)20(9,10)15-18(5,6)16(2)21/h12,14H,11,13,15H2,1-10H3. The van der Waals surface area contributed by atoms with Crippen molar-refractivity contribution in [2.75, 3.05) is 0 Å². The quantitative estimate of drug-likeness (QED) is 0.472. The highest BCUT2D eigenvalue weighted by Gasteiger charge is 2.40. The van der Waals surface area contributed by atoms with Crippen LogP contribution < -0.4 is 0 Å². The van der Waals surface area contributed by atoms with Crippen LogP contribution in [0.3, 0.4) is 0 Å². The largest absolute Gasteiger partial charge is 0.299 e. The Balaban J connectivity index is 5.04. The molecule has 0 aliphatic rings. The Labute approximate surface area is 133 Å². The summed E-state index contributed by atoms with van der Waals surface area (Å²) in [6, 6.07) is 0. The van der Waals surface area contributed by atoms with Crippen molar-refractivity contribution < 1.29 is 4.79 Å². The Morgan fingerprint density at radius 2 is 1.43 bits per heavy atom. The molecule has 0 heterocycles. The summed E-state index contributed by atoms with van der Waals surface area (Å²) in [5, 5.41) is 0. The van der Waals surface area contributed by atoms with E-state index in [2.05, 4.69) is 74.5 Å². The molecule has 0 bridgehead atoms. The van der Waals surface area contributed by atoms with Crippen LogP contribution >= 0.6 is 0 Å². The van der Waals surface area contributed by atoms with Gasteiger partial charge in [-0.1, -0.05) is 80.9 Å². The van der Waals surface area contributed by atoms with Gasteiger partial charge in [0.15, 0.2) is 0 Å². The van der Waals surface area contributed by atoms with Gasteiger partial charge in [0.25, 0.3) is 0 Å². The molecule has 0 radical (unpaired) electrons. The van der Waals surface area contributed by atoms with Crippen LogP contribution in [0.4, 0.5) is 0 Å². The van der Waals surface area contributed by atoms with Crippen LogP contribution in [0.25, 0.3) is 0 Å². The van der Waals surface area contributed by atoms with Crippen molar-refractivity contribution >= 4 is 5.78 Å². The second-order valence-corrected chi connectivity index (χ2v) is 9.35. The zero-order valence-corrected chi connectivity index (χ0v) is 16.2. The average Bonchev–Trinajstić information content (AvgIpc) is 2.26. The van der Waals surface area contributed by atoms with Gasteiger partial charge in [0.1, 0.15) is 5.78 Å². The molecule has 0 saturated heterocycles. The third-order valence-corrected chi connectivity index (χ3v) is 5.74. The Morgan fingerprint density at radius 3 is 1.81 bits per heavy atom. The fourth-order valence-corrected chi connectivity index (χ4v) is 2.50. The summed E-state index contributed by atoms with van der Waals surface area (Å²) in [4.78, 5) is 11.8. The molecule has 0 aliphatic carbocycles. The molecule has 0 aliphatic heterocycles. The molecule has 0 fully saturated rings. The van der Waals surface area contributed by atoms with Crippen molar-refractivity contribution in [2.45, 2.75) is 88.5 Å². The van der Waals surface area contributed by atoms with Crippen LogP contribution in [0.15, 0.2) is 12.2 Å². The van der Waals surface area contributed by atoms with Gasteiger partial charge in [-0.15, -0.1) is 0 Å². The zero-order chi connectivity index (χ0) is 17.1. The maximum absolute atomic E-state index is 11.8. The Hall–Kier alpha value is -0.590. The minimum Gasteiger partial charge on any atom is -0.299 e. The van der Waals surface area contributed by atoms with E-state index in [4.69, 9.17) is 0 Å². The number of allylic oxidation sites excluding steroid dienone is 2. The van der Waals surface area contributed by atoms with Crippen molar-refractivity contribution in [2.24, 2.45) is 21.7 Å². The number of Topliss-reactive ketones (excluding diaryl/α,β-unsaturated/α-hetero) is 1. The first kappa shape index (κ1) is 20.4. The lowest BCUT2D eigenvalue weighted by Gasteiger charge is -2.44. The number of ketones is 1. The lowest BCUT2D eigenvalue weighted by Crippen LogP contribution is -2.37. The first-order chi connectivity index (χ1) is 9.17. The molecule has 21 heavy (non-hydrogen) atoms. The minimum atomic E-state index is -0.253. The van der Waals surface area contributed by atoms with Gasteiger partial charge in [-0.2, -0.15) is 0 Å². The van der Waals surface area contributed by atoms with Crippen molar-refractivity contribution in [3.63, 3.8) is 0 Å². The van der Waals surface area contributed by atoms with Gasteiger partial charge in [0.2, 0.25) is 0 Å². The van der Waals surface area contributed by atoms with E-state index in [1.807, 2.05) is 0 Å². The van der Waals surface area contributed by atoms with E-state index in [0.717, 1.165) is 12.8 Å². The summed E-state index contributed by atoms with van der Waals surface area (Å²) in [6.07, 6.45) is 7.91. The van der Waals surface area contributed by atoms with E-state index in [1.165, 1.54) is 6.42 Å². The molecule has 0 spiro atoms. The number of hydrogen-bond donors (Lipinski definition) is 0. The SMILES string of the molecule is CCC(C)(C)CC=CC(C)(C)C(C)(C)CC(C)(C)C(C)=O. The third-order valence-electron chi connectivity index (χ3n) is 5.74. The van der Waals surface area contributed by atoms with Gasteiger partial charge in [-0.05, 0) is 36.0 Å². The van der Waals surface area contributed by atoms with Gasteiger partial charge in [0, 0.05) is 5.41 Å². The maximum atomic E-state index is 11.8. The fraction of sp³-hybridized carbons (Fsp3) is 0.850. The van der Waals surface area contributed by atoms with Crippen LogP contribution in [-0.2, 0) is 4.79 Å². The molecule has 0 aromatic heterocycles. The monoisotopic (exact) mass is 294 g/mol. The molecule has 0 aromatic rings. The predicted molar refractivity (Wildman–Crippen MR) is 94.5 cm³/mol. The second-order valence-electron chi connectivity index (χ2n) is 9.35. The van der Waals surface area contributed by atoms with E-state index in [1.54, 1.807) is 6.92 Å². The molecule has 1 heteroatoms. The molecule has 0 atom stereocenters. The zero-order valence-electron chi connectivity index (χ0n) is 16.2. The summed E-state index contributed by atoms with van der Waals surface area (Å²) in [6.45, 7) is 21.9. The van der Waals surface area contributed by atoms with Gasteiger partial charge in [0.05, 0.1) is 0 Å². The molecule has 0 rings (SSSR count). The number of rotatable bonds is 8. The van der Waals surface area contributed by atoms with E-state index >= 15 is 0 Å². The Morgan fingerprint density at radius 1 is 0.952 bits per heavy atom. The van der Waals surface area contributed by atoms with Crippen molar-refractivity contribution in [3.05, 3.63) is 12.2 Å². The summed E-state index contributed by atoms with van der Waals surface area (Å²) in [5.74, 6) is 0.280. The first-order valence-corrected chi connectivity index (χ1v) is 8.36. The maximum Gasteiger partial charge on any atom is 0.135 e. The first-order valence-electron chi connectivity index (χ1n) is 8.36. The summed E-state index contributed by atoms with van der Waals surface area (Å²) in [5.41, 5.74) is 0.269. The van der Waals surface area contributed by atoms with E-state index in [-0.39, 0.29) is 22.0 Å². The van der Waals surface area contributed by atoms with Crippen molar-refractivity contribution in [3.8, 4) is 0 Å². The van der Waals surface area contributed by atoms with E-state index < -0.39 is 0 Å². The van der Waals surface area contributed by atoms with Crippen molar-refractivity contribution in [1.82, 2.24) is 0 Å². The molecular weight excluding hydrogens is 256 g/mol. The van der Waals surface area contributed by atoms with Crippen LogP contribution in [0.5, 0.6) is 0 Å². The van der Waals surface area contributed by atoms with E-state index in [9.17, 15) is 4.79 Å². The second kappa shape index (κ2) is 6.67. The Kier molecular flexibility index (Phi) is 6.48. The molecular formula is C20H38O. The highest BCUT2D eigenvalue weighted by molar-refractivity contribution is 5.81. The lowest BCUT2D eigenvalue weighted by atomic mass is 9.60. The van der Waals surface area contributed by atoms with Crippen molar-refractivity contribution in [1.29, 1.82) is 0 Å². The Bertz CT molecular complexity index is 381. The molecule has 1 nitrogen and oxygen atoms in total. The normalized spacial score (nSPS) is 14.8. The smallest absolute Gasteiger partial charge is 0.135 e. The van der Waals surface area contributed by atoms with Gasteiger partial charge < -0.3 is 0 Å². The lowest BCUT2D eigenvalue weighted by molar-refractivity contribution is -0.127. The van der Waals surface area contributed by atoms with Gasteiger partial charge in [-0.25, -0.2) is 0 Å². The molecule has 0 amide bonds. The molecule has 0 N–H and O–H groups in total. The van der Waals surface area contributed by atoms with Crippen LogP contribution in [0.1, 0.15) is 88.5 Å². The summed E-state index contributed by atoms with van der Waals surface area (Å²) in [7, 11) is 0. The number of carbonyl (C=O) groups excluding carboxylic acids is 1. The molecule has 0 saturated carbocycles. The topological polar surface area (TPSA) is 17.1 Å². The van der Waals surface area contributed by atoms with E-state index in [0.29, 0.717) is 5.41 Å². The third kappa shape index (κ3) is 5.96.